The van der Waals surface area contributed by atoms with Crippen LogP contribution in [0.15, 0.2) is 4.42 Å². The molecule has 1 aromatic heterocycles. The molecule has 0 bridgehead atoms. The minimum Gasteiger partial charge on any atom is -0.425 e. The van der Waals surface area contributed by atoms with Crippen LogP contribution >= 0.6 is 0 Å². The second kappa shape index (κ2) is 8.20. The van der Waals surface area contributed by atoms with Crippen molar-refractivity contribution in [2.24, 2.45) is 5.92 Å². The summed E-state index contributed by atoms with van der Waals surface area (Å²) in [6.07, 6.45) is 2.66. The van der Waals surface area contributed by atoms with Crippen LogP contribution in [0.1, 0.15) is 32.0 Å². The zero-order valence-corrected chi connectivity index (χ0v) is 11.0. The van der Waals surface area contributed by atoms with Crippen molar-refractivity contribution < 1.29 is 9.15 Å². The van der Waals surface area contributed by atoms with Crippen molar-refractivity contribution >= 4 is 0 Å². The Labute approximate surface area is 103 Å². The average Bonchev–Trinajstić information content (AvgIpc) is 2.72. The third-order valence-corrected chi connectivity index (χ3v) is 2.48. The fourth-order valence-corrected chi connectivity index (χ4v) is 1.65. The van der Waals surface area contributed by atoms with Crippen LogP contribution in [0.25, 0.3) is 0 Å². The molecule has 0 aliphatic heterocycles. The maximum Gasteiger partial charge on any atom is 0.216 e. The second-order valence-corrected chi connectivity index (χ2v) is 4.31. The lowest BCUT2D eigenvalue weighted by molar-refractivity contribution is 0.156. The van der Waals surface area contributed by atoms with Gasteiger partial charge in [-0.2, -0.15) is 0 Å². The predicted octanol–water partition coefficient (Wildman–Crippen LogP) is 1.44. The summed E-state index contributed by atoms with van der Waals surface area (Å²) >= 11 is 0. The first-order valence-corrected chi connectivity index (χ1v) is 6.27. The van der Waals surface area contributed by atoms with Crippen molar-refractivity contribution in [1.29, 1.82) is 0 Å². The van der Waals surface area contributed by atoms with E-state index in [0.717, 1.165) is 44.8 Å². The molecule has 0 fully saturated rings. The van der Waals surface area contributed by atoms with Gasteiger partial charge in [-0.25, -0.2) is 0 Å². The molecule has 0 amide bonds. The maximum absolute atomic E-state index is 5.58. The quantitative estimate of drug-likeness (QED) is 0.663. The molecule has 0 saturated heterocycles. The molecule has 1 N–H and O–H groups in total. The number of rotatable bonds is 9. The largest absolute Gasteiger partial charge is 0.425 e. The van der Waals surface area contributed by atoms with Crippen molar-refractivity contribution in [2.75, 3.05) is 26.8 Å². The van der Waals surface area contributed by atoms with Crippen LogP contribution in [0.2, 0.25) is 0 Å². The maximum atomic E-state index is 5.58. The number of aromatic nitrogens is 2. The Morgan fingerprint density at radius 3 is 2.82 bits per heavy atom. The molecule has 0 saturated carbocycles. The molecule has 0 spiro atoms. The van der Waals surface area contributed by atoms with Crippen molar-refractivity contribution in [2.45, 2.75) is 33.1 Å². The van der Waals surface area contributed by atoms with E-state index in [2.05, 4.69) is 29.4 Å². The highest BCUT2D eigenvalue weighted by Crippen LogP contribution is 2.08. The van der Waals surface area contributed by atoms with Crippen LogP contribution in [-0.4, -0.2) is 37.0 Å². The molecular formula is C12H23N3O2. The third kappa shape index (κ3) is 5.79. The number of nitrogens with one attached hydrogen (secondary N) is 1. The highest BCUT2D eigenvalue weighted by atomic mass is 16.5. The lowest BCUT2D eigenvalue weighted by atomic mass is 10.1. The third-order valence-electron chi connectivity index (χ3n) is 2.48. The topological polar surface area (TPSA) is 60.2 Å². The highest BCUT2D eigenvalue weighted by molar-refractivity contribution is 4.84. The highest BCUT2D eigenvalue weighted by Gasteiger charge is 2.10. The Hall–Kier alpha value is -0.940. The van der Waals surface area contributed by atoms with E-state index in [1.54, 1.807) is 7.11 Å². The molecule has 1 atom stereocenters. The van der Waals surface area contributed by atoms with Gasteiger partial charge >= 0.3 is 0 Å². The van der Waals surface area contributed by atoms with Crippen molar-refractivity contribution in [1.82, 2.24) is 15.5 Å². The number of aryl methyl sites for hydroxylation is 1. The molecule has 1 unspecified atom stereocenters. The molecule has 0 aliphatic carbocycles. The molecule has 5 heteroatoms. The predicted molar refractivity (Wildman–Crippen MR) is 65.9 cm³/mol. The van der Waals surface area contributed by atoms with Crippen LogP contribution in [0.4, 0.5) is 0 Å². The normalized spacial score (nSPS) is 12.9. The van der Waals surface area contributed by atoms with E-state index in [1.165, 1.54) is 0 Å². The van der Waals surface area contributed by atoms with Crippen LogP contribution in [0.3, 0.4) is 0 Å². The number of methoxy groups -OCH3 is 1. The molecule has 1 aromatic rings. The Morgan fingerprint density at radius 1 is 1.35 bits per heavy atom. The Balaban J connectivity index is 2.27. The van der Waals surface area contributed by atoms with Gasteiger partial charge in [-0.05, 0) is 25.4 Å². The van der Waals surface area contributed by atoms with Crippen molar-refractivity contribution in [3.05, 3.63) is 11.8 Å². The number of hydrogen-bond donors (Lipinski definition) is 1. The first-order valence-electron chi connectivity index (χ1n) is 6.27. The molecule has 0 radical (unpaired) electrons. The summed E-state index contributed by atoms with van der Waals surface area (Å²) in [5.74, 6) is 1.87. The summed E-state index contributed by atoms with van der Waals surface area (Å²) < 4.78 is 10.7. The van der Waals surface area contributed by atoms with Gasteiger partial charge in [0.05, 0.1) is 0 Å². The van der Waals surface area contributed by atoms with Gasteiger partial charge in [0.25, 0.3) is 0 Å². The smallest absolute Gasteiger partial charge is 0.216 e. The minimum atomic E-state index is 0.412. The van der Waals surface area contributed by atoms with E-state index in [-0.39, 0.29) is 0 Å². The summed E-state index contributed by atoms with van der Waals surface area (Å²) in [5, 5.41) is 11.4. The van der Waals surface area contributed by atoms with Gasteiger partial charge in [0.1, 0.15) is 0 Å². The van der Waals surface area contributed by atoms with E-state index < -0.39 is 0 Å². The van der Waals surface area contributed by atoms with Gasteiger partial charge in [-0.15, -0.1) is 10.2 Å². The van der Waals surface area contributed by atoms with E-state index in [9.17, 15) is 0 Å². The summed E-state index contributed by atoms with van der Waals surface area (Å²) in [4.78, 5) is 0. The number of hydrogen-bond acceptors (Lipinski definition) is 5. The van der Waals surface area contributed by atoms with Crippen LogP contribution < -0.4 is 5.32 Å². The summed E-state index contributed by atoms with van der Waals surface area (Å²) in [7, 11) is 1.70. The van der Waals surface area contributed by atoms with E-state index in [0.29, 0.717) is 11.8 Å². The molecular weight excluding hydrogens is 218 g/mol. The standard InChI is InChI=1S/C12H23N3O2/c1-4-13-7-5-6-11-14-15-12(17-11)8-10(2)9-16-3/h10,13H,4-9H2,1-3H3. The average molecular weight is 241 g/mol. The van der Waals surface area contributed by atoms with Gasteiger partial charge in [-0.1, -0.05) is 13.8 Å². The molecule has 0 aliphatic rings. The number of ether oxygens (including phenoxy) is 1. The molecule has 17 heavy (non-hydrogen) atoms. The Bertz CT molecular complexity index is 302. The van der Waals surface area contributed by atoms with Gasteiger partial charge in [-0.3, -0.25) is 0 Å². The fourth-order valence-electron chi connectivity index (χ4n) is 1.65. The molecule has 5 nitrogen and oxygen atoms in total. The minimum absolute atomic E-state index is 0.412. The van der Waals surface area contributed by atoms with Crippen LogP contribution in [0, 0.1) is 5.92 Å². The Kier molecular flexibility index (Phi) is 6.81. The van der Waals surface area contributed by atoms with Crippen molar-refractivity contribution in [3.63, 3.8) is 0 Å². The van der Waals surface area contributed by atoms with Gasteiger partial charge in [0.2, 0.25) is 11.8 Å². The van der Waals surface area contributed by atoms with Gasteiger partial charge in [0, 0.05) is 26.6 Å². The van der Waals surface area contributed by atoms with E-state index in [1.807, 2.05) is 0 Å². The lowest BCUT2D eigenvalue weighted by Crippen LogP contribution is -2.14. The first kappa shape index (κ1) is 14.1. The first-order chi connectivity index (χ1) is 8.26. The van der Waals surface area contributed by atoms with Crippen LogP contribution in [-0.2, 0) is 17.6 Å². The molecule has 98 valence electrons. The summed E-state index contributed by atoms with van der Waals surface area (Å²) in [6.45, 7) is 6.93. The Morgan fingerprint density at radius 2 is 2.12 bits per heavy atom. The molecule has 0 aromatic carbocycles. The van der Waals surface area contributed by atoms with Gasteiger partial charge in [0.15, 0.2) is 0 Å². The summed E-state index contributed by atoms with van der Waals surface area (Å²) in [5.41, 5.74) is 0. The lowest BCUT2D eigenvalue weighted by Gasteiger charge is -2.05. The summed E-state index contributed by atoms with van der Waals surface area (Å²) in [6, 6.07) is 0. The zero-order valence-electron chi connectivity index (χ0n) is 11.0. The number of nitrogens with zero attached hydrogens (tertiary/aromatic N) is 2. The zero-order chi connectivity index (χ0) is 12.5. The molecule has 1 rings (SSSR count). The molecule has 1 heterocycles. The van der Waals surface area contributed by atoms with Gasteiger partial charge < -0.3 is 14.5 Å². The van der Waals surface area contributed by atoms with E-state index >= 15 is 0 Å². The monoisotopic (exact) mass is 241 g/mol. The fraction of sp³-hybridized carbons (Fsp3) is 0.833. The van der Waals surface area contributed by atoms with E-state index in [4.69, 9.17) is 9.15 Å². The van der Waals surface area contributed by atoms with Crippen LogP contribution in [0.5, 0.6) is 0 Å². The second-order valence-electron chi connectivity index (χ2n) is 4.31. The van der Waals surface area contributed by atoms with Crippen molar-refractivity contribution in [3.8, 4) is 0 Å². The SMILES string of the molecule is CCNCCCc1nnc(CC(C)COC)o1.